The molecule has 1 unspecified atom stereocenters. The number of nitrogens with zero attached hydrogens (tertiary/aromatic N) is 2. The van der Waals surface area contributed by atoms with Crippen LogP contribution in [-0.4, -0.2) is 35.5 Å². The van der Waals surface area contributed by atoms with Gasteiger partial charge in [0, 0.05) is 5.56 Å². The lowest BCUT2D eigenvalue weighted by atomic mass is 9.95. The number of aliphatic hydroxyl groups excluding tert-OH is 1. The second-order valence-electron chi connectivity index (χ2n) is 9.61. The van der Waals surface area contributed by atoms with E-state index in [4.69, 9.17) is 9.47 Å². The van der Waals surface area contributed by atoms with Crippen molar-refractivity contribution in [2.24, 2.45) is 0 Å². The number of hydrogen-bond acceptors (Lipinski definition) is 7. The normalized spacial score (nSPS) is 16.6. The van der Waals surface area contributed by atoms with Crippen LogP contribution in [0.1, 0.15) is 48.9 Å². The summed E-state index contributed by atoms with van der Waals surface area (Å²) in [5, 5.41) is 11.6. The molecule has 1 amide bonds. The molecule has 4 aromatic rings. The third-order valence-electron chi connectivity index (χ3n) is 6.82. The summed E-state index contributed by atoms with van der Waals surface area (Å²) in [5.74, 6) is -1.43. The fraction of sp³-hybridized carbons (Fsp3) is 0.258. The lowest BCUT2D eigenvalue weighted by molar-refractivity contribution is -0.132. The number of ketones is 1. The van der Waals surface area contributed by atoms with Crippen molar-refractivity contribution in [1.29, 1.82) is 0 Å². The van der Waals surface area contributed by atoms with Crippen molar-refractivity contribution in [2.45, 2.75) is 39.2 Å². The summed E-state index contributed by atoms with van der Waals surface area (Å²) in [5.41, 5.74) is 2.33. The van der Waals surface area contributed by atoms with Gasteiger partial charge in [0.25, 0.3) is 5.78 Å². The van der Waals surface area contributed by atoms with Crippen LogP contribution < -0.4 is 14.4 Å². The molecule has 0 radical (unpaired) electrons. The number of thiazole rings is 1. The Labute approximate surface area is 235 Å². The number of benzene rings is 3. The van der Waals surface area contributed by atoms with Gasteiger partial charge in [-0.1, -0.05) is 67.0 Å². The van der Waals surface area contributed by atoms with Gasteiger partial charge >= 0.3 is 5.91 Å². The average molecular weight is 561 g/mol. The lowest BCUT2D eigenvalue weighted by Gasteiger charge is -2.24. The smallest absolute Gasteiger partial charge is 0.301 e. The van der Waals surface area contributed by atoms with Crippen LogP contribution in [0, 0.1) is 12.7 Å². The van der Waals surface area contributed by atoms with E-state index in [9.17, 15) is 19.1 Å². The van der Waals surface area contributed by atoms with Crippen molar-refractivity contribution in [3.8, 4) is 11.5 Å². The van der Waals surface area contributed by atoms with Crippen molar-refractivity contribution in [3.63, 3.8) is 0 Å². The van der Waals surface area contributed by atoms with E-state index >= 15 is 0 Å². The molecule has 1 fully saturated rings. The molecule has 1 aromatic heterocycles. The number of carbonyl (C=O) groups is 2. The number of rotatable bonds is 9. The fourth-order valence-electron chi connectivity index (χ4n) is 4.71. The van der Waals surface area contributed by atoms with Gasteiger partial charge in [-0.3, -0.25) is 14.5 Å². The molecule has 1 aliphatic rings. The quantitative estimate of drug-likeness (QED) is 0.103. The summed E-state index contributed by atoms with van der Waals surface area (Å²) in [6, 6.07) is 15.4. The summed E-state index contributed by atoms with van der Waals surface area (Å²) in [6.45, 7) is 4.55. The molecule has 1 saturated heterocycles. The second-order valence-corrected chi connectivity index (χ2v) is 10.6. The van der Waals surface area contributed by atoms with Crippen LogP contribution in [0.3, 0.4) is 0 Å². The predicted molar refractivity (Wildman–Crippen MR) is 154 cm³/mol. The Morgan fingerprint density at radius 1 is 1.05 bits per heavy atom. The predicted octanol–water partition coefficient (Wildman–Crippen LogP) is 6.95. The number of fused-ring (bicyclic) bond motifs is 1. The van der Waals surface area contributed by atoms with Gasteiger partial charge in [0.2, 0.25) is 0 Å². The molecular weight excluding hydrogens is 531 g/mol. The van der Waals surface area contributed by atoms with E-state index in [1.54, 1.807) is 30.3 Å². The number of ether oxygens (including phenoxy) is 2. The second kappa shape index (κ2) is 11.5. The van der Waals surface area contributed by atoms with Crippen molar-refractivity contribution in [3.05, 3.63) is 88.7 Å². The van der Waals surface area contributed by atoms with E-state index in [0.29, 0.717) is 39.4 Å². The number of aliphatic hydroxyl groups is 1. The van der Waals surface area contributed by atoms with Crippen LogP contribution >= 0.6 is 11.3 Å². The van der Waals surface area contributed by atoms with Crippen molar-refractivity contribution in [1.82, 2.24) is 4.98 Å². The van der Waals surface area contributed by atoms with Crippen molar-refractivity contribution in [2.75, 3.05) is 18.6 Å². The number of amides is 1. The standard InChI is InChI=1S/C31H29FN2O5S/c1-4-5-6-15-39-23-14-11-20(16-24(23)38-3)27-26(28(35)19-9-7-18(2)8-10-19)29(36)30(37)34(27)31-33-22-13-12-21(32)17-25(22)40-31/h7-14,16-17,27,35H,4-6,15H2,1-3H3. The molecule has 9 heteroatoms. The van der Waals surface area contributed by atoms with E-state index in [0.717, 1.165) is 36.2 Å². The maximum absolute atomic E-state index is 13.9. The van der Waals surface area contributed by atoms with E-state index in [1.165, 1.54) is 30.2 Å². The zero-order valence-electron chi connectivity index (χ0n) is 22.4. The number of hydrogen-bond donors (Lipinski definition) is 1. The molecule has 0 aliphatic carbocycles. The minimum absolute atomic E-state index is 0.0713. The van der Waals surface area contributed by atoms with E-state index < -0.39 is 23.5 Å². The first-order valence-electron chi connectivity index (χ1n) is 13.1. The topological polar surface area (TPSA) is 89.0 Å². The summed E-state index contributed by atoms with van der Waals surface area (Å²) in [7, 11) is 1.52. The Balaban J connectivity index is 1.65. The highest BCUT2D eigenvalue weighted by molar-refractivity contribution is 7.22. The zero-order valence-corrected chi connectivity index (χ0v) is 23.3. The highest BCUT2D eigenvalue weighted by atomic mass is 32.1. The summed E-state index contributed by atoms with van der Waals surface area (Å²) in [6.07, 6.45) is 3.01. The number of aryl methyl sites for hydroxylation is 1. The molecular formula is C31H29FN2O5S. The molecule has 0 spiro atoms. The molecule has 7 nitrogen and oxygen atoms in total. The van der Waals surface area contributed by atoms with Gasteiger partial charge in [-0.15, -0.1) is 0 Å². The first-order chi connectivity index (χ1) is 19.3. The molecule has 1 aliphatic heterocycles. The Bertz CT molecular complexity index is 1610. The molecule has 0 bridgehead atoms. The number of aromatic nitrogens is 1. The van der Waals surface area contributed by atoms with Gasteiger partial charge in [-0.2, -0.15) is 0 Å². The number of unbranched alkanes of at least 4 members (excludes halogenated alkanes) is 2. The Morgan fingerprint density at radius 2 is 1.82 bits per heavy atom. The molecule has 0 saturated carbocycles. The van der Waals surface area contributed by atoms with Gasteiger partial charge in [0.05, 0.1) is 35.5 Å². The zero-order chi connectivity index (χ0) is 28.4. The highest BCUT2D eigenvalue weighted by Crippen LogP contribution is 2.46. The van der Waals surface area contributed by atoms with Gasteiger partial charge in [0.1, 0.15) is 11.6 Å². The lowest BCUT2D eigenvalue weighted by Crippen LogP contribution is -2.29. The Morgan fingerprint density at radius 3 is 2.55 bits per heavy atom. The first-order valence-corrected chi connectivity index (χ1v) is 13.9. The molecule has 1 atom stereocenters. The van der Waals surface area contributed by atoms with E-state index in [2.05, 4.69) is 11.9 Å². The van der Waals surface area contributed by atoms with Crippen molar-refractivity contribution >= 4 is 44.1 Å². The Hall–Kier alpha value is -4.24. The highest BCUT2D eigenvalue weighted by Gasteiger charge is 2.48. The van der Waals surface area contributed by atoms with Crippen LogP contribution in [0.25, 0.3) is 16.0 Å². The van der Waals surface area contributed by atoms with Gasteiger partial charge in [-0.05, 0) is 49.2 Å². The summed E-state index contributed by atoms with van der Waals surface area (Å²) < 4.78 is 26.0. The minimum atomic E-state index is -1.00. The first kappa shape index (κ1) is 27.3. The molecule has 1 N–H and O–H groups in total. The number of carbonyl (C=O) groups excluding carboxylic acids is 2. The van der Waals surface area contributed by atoms with Gasteiger partial charge in [0.15, 0.2) is 16.6 Å². The maximum Gasteiger partial charge on any atom is 0.301 e. The number of methoxy groups -OCH3 is 1. The maximum atomic E-state index is 13.9. The molecule has 40 heavy (non-hydrogen) atoms. The number of halogens is 1. The third-order valence-corrected chi connectivity index (χ3v) is 7.84. The monoisotopic (exact) mass is 560 g/mol. The average Bonchev–Trinajstić information content (AvgIpc) is 3.48. The van der Waals surface area contributed by atoms with Crippen LogP contribution in [-0.2, 0) is 9.59 Å². The van der Waals surface area contributed by atoms with Gasteiger partial charge < -0.3 is 14.6 Å². The largest absolute Gasteiger partial charge is 0.507 e. The molecule has 5 rings (SSSR count). The van der Waals surface area contributed by atoms with Crippen molar-refractivity contribution < 1.29 is 28.6 Å². The molecule has 3 aromatic carbocycles. The molecule has 2 heterocycles. The van der Waals surface area contributed by atoms with E-state index in [1.807, 2.05) is 19.1 Å². The third kappa shape index (κ3) is 5.16. The fourth-order valence-corrected chi connectivity index (χ4v) is 5.73. The van der Waals surface area contributed by atoms with Crippen LogP contribution in [0.2, 0.25) is 0 Å². The van der Waals surface area contributed by atoms with Gasteiger partial charge in [-0.25, -0.2) is 9.37 Å². The molecule has 206 valence electrons. The van der Waals surface area contributed by atoms with E-state index in [-0.39, 0.29) is 16.5 Å². The van der Waals surface area contributed by atoms with Crippen LogP contribution in [0.15, 0.2) is 66.2 Å². The minimum Gasteiger partial charge on any atom is -0.507 e. The van der Waals surface area contributed by atoms with Crippen LogP contribution in [0.5, 0.6) is 11.5 Å². The SMILES string of the molecule is CCCCCOc1ccc(C2C(=C(O)c3ccc(C)cc3)C(=O)C(=O)N2c2nc3ccc(F)cc3s2)cc1OC. The Kier molecular flexibility index (Phi) is 7.84. The number of Topliss-reactive ketones (excluding diaryl/α,β-unsaturated/α-hetero) is 1. The summed E-state index contributed by atoms with van der Waals surface area (Å²) in [4.78, 5) is 32.8. The summed E-state index contributed by atoms with van der Waals surface area (Å²) >= 11 is 1.09. The van der Waals surface area contributed by atoms with Crippen LogP contribution in [0.4, 0.5) is 9.52 Å². The number of anilines is 1.